The van der Waals surface area contributed by atoms with E-state index in [1.807, 2.05) is 31.2 Å². The number of hydrogen-bond donors (Lipinski definition) is 2. The van der Waals surface area contributed by atoms with Crippen LogP contribution in [0.5, 0.6) is 0 Å². The van der Waals surface area contributed by atoms with Gasteiger partial charge in [-0.2, -0.15) is 0 Å². The van der Waals surface area contributed by atoms with E-state index in [1.165, 1.54) is 19.3 Å². The van der Waals surface area contributed by atoms with E-state index in [2.05, 4.69) is 15.5 Å². The van der Waals surface area contributed by atoms with Gasteiger partial charge in [-0.1, -0.05) is 36.2 Å². The SMILES string of the molecule is Cc1ccc(C2(C)NC(=O)N(CC(=O)NCCCN3CCCCC3)C2=O)cc1. The number of nitrogens with one attached hydrogen (secondary N) is 2. The van der Waals surface area contributed by atoms with Crippen molar-refractivity contribution in [2.45, 2.75) is 45.1 Å². The third kappa shape index (κ3) is 4.52. The van der Waals surface area contributed by atoms with Gasteiger partial charge in [0.2, 0.25) is 5.91 Å². The Balaban J connectivity index is 1.49. The highest BCUT2D eigenvalue weighted by Gasteiger charge is 2.49. The van der Waals surface area contributed by atoms with Crippen LogP contribution in [-0.4, -0.2) is 60.4 Å². The molecule has 1 atom stereocenters. The first-order chi connectivity index (χ1) is 13.4. The Morgan fingerprint density at radius 1 is 1.14 bits per heavy atom. The second-order valence-corrected chi connectivity index (χ2v) is 7.92. The molecule has 7 heteroatoms. The summed E-state index contributed by atoms with van der Waals surface area (Å²) in [7, 11) is 0. The van der Waals surface area contributed by atoms with Gasteiger partial charge in [0.25, 0.3) is 5.91 Å². The number of aryl methyl sites for hydroxylation is 1. The summed E-state index contributed by atoms with van der Waals surface area (Å²) in [5.74, 6) is -0.708. The number of carbonyl (C=O) groups is 3. The number of nitrogens with zero attached hydrogens (tertiary/aromatic N) is 2. The molecule has 2 heterocycles. The Labute approximate surface area is 166 Å². The third-order valence-corrected chi connectivity index (χ3v) is 5.63. The average Bonchev–Trinajstić information content (AvgIpc) is 2.90. The van der Waals surface area contributed by atoms with Crippen molar-refractivity contribution in [3.05, 3.63) is 35.4 Å². The molecule has 28 heavy (non-hydrogen) atoms. The van der Waals surface area contributed by atoms with Gasteiger partial charge in [-0.25, -0.2) is 4.79 Å². The summed E-state index contributed by atoms with van der Waals surface area (Å²) < 4.78 is 0. The molecule has 1 aromatic rings. The molecule has 1 aromatic carbocycles. The monoisotopic (exact) mass is 386 g/mol. The van der Waals surface area contributed by atoms with E-state index in [0.29, 0.717) is 12.1 Å². The molecule has 7 nitrogen and oxygen atoms in total. The molecule has 1 unspecified atom stereocenters. The Hall–Kier alpha value is -2.41. The van der Waals surface area contributed by atoms with Crippen molar-refractivity contribution >= 4 is 17.8 Å². The summed E-state index contributed by atoms with van der Waals surface area (Å²) >= 11 is 0. The number of benzene rings is 1. The molecule has 2 N–H and O–H groups in total. The molecule has 0 saturated carbocycles. The quantitative estimate of drug-likeness (QED) is 0.553. The van der Waals surface area contributed by atoms with E-state index in [0.717, 1.165) is 36.5 Å². The summed E-state index contributed by atoms with van der Waals surface area (Å²) in [6, 6.07) is 6.93. The van der Waals surface area contributed by atoms with E-state index in [1.54, 1.807) is 6.92 Å². The number of carbonyl (C=O) groups excluding carboxylic acids is 3. The molecular weight excluding hydrogens is 356 g/mol. The summed E-state index contributed by atoms with van der Waals surface area (Å²) in [5.41, 5.74) is 0.644. The van der Waals surface area contributed by atoms with Crippen LogP contribution in [0.15, 0.2) is 24.3 Å². The number of likely N-dealkylation sites (tertiary alicyclic amines) is 1. The minimum absolute atomic E-state index is 0.254. The van der Waals surface area contributed by atoms with Gasteiger partial charge in [-0.05, 0) is 58.3 Å². The highest BCUT2D eigenvalue weighted by atomic mass is 16.2. The van der Waals surface area contributed by atoms with Crippen LogP contribution in [0, 0.1) is 6.92 Å². The van der Waals surface area contributed by atoms with Crippen LogP contribution in [-0.2, 0) is 15.1 Å². The van der Waals surface area contributed by atoms with E-state index in [-0.39, 0.29) is 12.5 Å². The second kappa shape index (κ2) is 8.73. The largest absolute Gasteiger partial charge is 0.354 e. The molecule has 2 aliphatic heterocycles. The number of urea groups is 1. The van der Waals surface area contributed by atoms with Crippen LogP contribution in [0.25, 0.3) is 0 Å². The van der Waals surface area contributed by atoms with E-state index < -0.39 is 17.5 Å². The lowest BCUT2D eigenvalue weighted by molar-refractivity contribution is -0.134. The lowest BCUT2D eigenvalue weighted by atomic mass is 9.91. The van der Waals surface area contributed by atoms with Crippen LogP contribution in [0.1, 0.15) is 43.7 Å². The number of hydrogen-bond acceptors (Lipinski definition) is 4. The Morgan fingerprint density at radius 2 is 1.82 bits per heavy atom. The molecule has 0 spiro atoms. The van der Waals surface area contributed by atoms with Gasteiger partial charge in [0.15, 0.2) is 0 Å². The minimum Gasteiger partial charge on any atom is -0.354 e. The van der Waals surface area contributed by atoms with Gasteiger partial charge in [0.05, 0.1) is 0 Å². The number of amides is 4. The van der Waals surface area contributed by atoms with Crippen molar-refractivity contribution in [3.8, 4) is 0 Å². The van der Waals surface area contributed by atoms with Crippen LogP contribution in [0.3, 0.4) is 0 Å². The second-order valence-electron chi connectivity index (χ2n) is 7.92. The van der Waals surface area contributed by atoms with Crippen LogP contribution >= 0.6 is 0 Å². The van der Waals surface area contributed by atoms with E-state index in [4.69, 9.17) is 0 Å². The first-order valence-electron chi connectivity index (χ1n) is 10.1. The van der Waals surface area contributed by atoms with E-state index in [9.17, 15) is 14.4 Å². The highest BCUT2D eigenvalue weighted by molar-refractivity contribution is 6.09. The first-order valence-corrected chi connectivity index (χ1v) is 10.1. The highest BCUT2D eigenvalue weighted by Crippen LogP contribution is 2.28. The lowest BCUT2D eigenvalue weighted by Gasteiger charge is -2.26. The average molecular weight is 386 g/mol. The smallest absolute Gasteiger partial charge is 0.325 e. The first kappa shape index (κ1) is 20.3. The van der Waals surface area contributed by atoms with Crippen LogP contribution in [0.2, 0.25) is 0 Å². The molecule has 2 aliphatic rings. The molecule has 2 saturated heterocycles. The lowest BCUT2D eigenvalue weighted by Crippen LogP contribution is -2.43. The normalized spacial score (nSPS) is 23.0. The van der Waals surface area contributed by atoms with Gasteiger partial charge in [-0.15, -0.1) is 0 Å². The number of rotatable bonds is 7. The van der Waals surface area contributed by atoms with Crippen molar-refractivity contribution in [3.63, 3.8) is 0 Å². The van der Waals surface area contributed by atoms with Crippen molar-refractivity contribution in [1.82, 2.24) is 20.4 Å². The number of imide groups is 1. The van der Waals surface area contributed by atoms with Gasteiger partial charge >= 0.3 is 6.03 Å². The van der Waals surface area contributed by atoms with Crippen molar-refractivity contribution < 1.29 is 14.4 Å². The van der Waals surface area contributed by atoms with Crippen molar-refractivity contribution in [2.24, 2.45) is 0 Å². The minimum atomic E-state index is -1.14. The van der Waals surface area contributed by atoms with Crippen molar-refractivity contribution in [1.29, 1.82) is 0 Å². The summed E-state index contributed by atoms with van der Waals surface area (Å²) in [6.45, 7) is 7.17. The zero-order valence-electron chi connectivity index (χ0n) is 16.8. The maximum Gasteiger partial charge on any atom is 0.325 e. The van der Waals surface area contributed by atoms with Gasteiger partial charge < -0.3 is 15.5 Å². The van der Waals surface area contributed by atoms with Gasteiger partial charge in [-0.3, -0.25) is 14.5 Å². The summed E-state index contributed by atoms with van der Waals surface area (Å²) in [4.78, 5) is 40.8. The van der Waals surface area contributed by atoms with Gasteiger partial charge in [0, 0.05) is 6.54 Å². The Bertz CT molecular complexity index is 728. The van der Waals surface area contributed by atoms with E-state index >= 15 is 0 Å². The predicted molar refractivity (Wildman–Crippen MR) is 107 cm³/mol. The standard InChI is InChI=1S/C21H30N4O3/c1-16-7-9-17(10-8-16)21(2)19(27)25(20(28)23-21)15-18(26)22-11-6-14-24-12-4-3-5-13-24/h7-10H,3-6,11-15H2,1-2H3,(H,22,26)(H,23,28). The van der Waals surface area contributed by atoms with Crippen LogP contribution < -0.4 is 10.6 Å². The summed E-state index contributed by atoms with van der Waals surface area (Å²) in [6.07, 6.45) is 4.67. The molecule has 3 rings (SSSR count). The molecule has 0 aliphatic carbocycles. The maximum absolute atomic E-state index is 12.9. The predicted octanol–water partition coefficient (Wildman–Crippen LogP) is 1.75. The molecule has 0 radical (unpaired) electrons. The zero-order chi connectivity index (χ0) is 20.1. The Morgan fingerprint density at radius 3 is 2.50 bits per heavy atom. The molecule has 0 aromatic heterocycles. The molecule has 4 amide bonds. The Kier molecular flexibility index (Phi) is 6.34. The fourth-order valence-electron chi connectivity index (χ4n) is 3.84. The zero-order valence-corrected chi connectivity index (χ0v) is 16.8. The molecule has 0 bridgehead atoms. The third-order valence-electron chi connectivity index (χ3n) is 5.63. The fraction of sp³-hybridized carbons (Fsp3) is 0.571. The molecular formula is C21H30N4O3. The molecule has 152 valence electrons. The number of piperidine rings is 1. The molecule has 2 fully saturated rings. The maximum atomic E-state index is 12.9. The van der Waals surface area contributed by atoms with Crippen molar-refractivity contribution in [2.75, 3.05) is 32.7 Å². The summed E-state index contributed by atoms with van der Waals surface area (Å²) in [5, 5.41) is 5.56. The fourth-order valence-corrected chi connectivity index (χ4v) is 3.84. The van der Waals surface area contributed by atoms with Crippen LogP contribution in [0.4, 0.5) is 4.79 Å². The topological polar surface area (TPSA) is 81.8 Å². The van der Waals surface area contributed by atoms with Gasteiger partial charge in [0.1, 0.15) is 12.1 Å².